The number of pyridine rings is 1. The Hall–Kier alpha value is -3.03. The van der Waals surface area contributed by atoms with Crippen molar-refractivity contribution in [3.63, 3.8) is 0 Å². The largest absolute Gasteiger partial charge is 0.352 e. The fraction of sp³-hybridized carbons (Fsp3) is 0.389. The number of rotatable bonds is 3. The summed E-state index contributed by atoms with van der Waals surface area (Å²) >= 11 is 0. The molecule has 2 aliphatic rings. The molecule has 0 bridgehead atoms. The first kappa shape index (κ1) is 15.2. The Bertz CT molecular complexity index is 943. The molecule has 3 aromatic heterocycles. The van der Waals surface area contributed by atoms with Crippen LogP contribution in [0.1, 0.15) is 34.9 Å². The molecule has 132 valence electrons. The lowest BCUT2D eigenvalue weighted by molar-refractivity contribution is 0.0746. The van der Waals surface area contributed by atoms with E-state index in [0.29, 0.717) is 24.6 Å². The molecular formula is C18H19N7O. The minimum Gasteiger partial charge on any atom is -0.352 e. The lowest BCUT2D eigenvalue weighted by Crippen LogP contribution is -2.49. The number of carbonyl (C=O) groups is 1. The van der Waals surface area contributed by atoms with E-state index in [9.17, 15) is 4.79 Å². The van der Waals surface area contributed by atoms with E-state index in [-0.39, 0.29) is 5.91 Å². The predicted octanol–water partition coefficient (Wildman–Crippen LogP) is 1.36. The van der Waals surface area contributed by atoms with Gasteiger partial charge in [-0.15, -0.1) is 15.3 Å². The second-order valence-electron chi connectivity index (χ2n) is 6.81. The van der Waals surface area contributed by atoms with Gasteiger partial charge in [0.25, 0.3) is 5.91 Å². The third-order valence-corrected chi connectivity index (χ3v) is 5.01. The van der Waals surface area contributed by atoms with Crippen LogP contribution in [0.4, 0.5) is 5.82 Å². The van der Waals surface area contributed by atoms with Crippen LogP contribution in [-0.4, -0.2) is 61.8 Å². The van der Waals surface area contributed by atoms with Crippen LogP contribution < -0.4 is 4.90 Å². The molecule has 8 heteroatoms. The van der Waals surface area contributed by atoms with Crippen LogP contribution >= 0.6 is 0 Å². The average molecular weight is 349 g/mol. The Labute approximate surface area is 150 Å². The summed E-state index contributed by atoms with van der Waals surface area (Å²) in [6, 6.07) is 7.55. The van der Waals surface area contributed by atoms with Crippen molar-refractivity contribution in [1.29, 1.82) is 0 Å². The van der Waals surface area contributed by atoms with Crippen LogP contribution in [0.15, 0.2) is 36.7 Å². The number of amides is 1. The lowest BCUT2D eigenvalue weighted by atomic mass is 10.2. The molecule has 8 nitrogen and oxygen atoms in total. The van der Waals surface area contributed by atoms with E-state index in [0.717, 1.165) is 30.4 Å². The maximum Gasteiger partial charge on any atom is 0.255 e. The van der Waals surface area contributed by atoms with Gasteiger partial charge in [0.05, 0.1) is 5.56 Å². The Balaban J connectivity index is 1.31. The lowest BCUT2D eigenvalue weighted by Gasteiger charge is -2.35. The van der Waals surface area contributed by atoms with Crippen molar-refractivity contribution < 1.29 is 4.79 Å². The van der Waals surface area contributed by atoms with Gasteiger partial charge in [0.15, 0.2) is 11.5 Å². The van der Waals surface area contributed by atoms with E-state index < -0.39 is 0 Å². The molecule has 0 spiro atoms. The maximum atomic E-state index is 12.5. The summed E-state index contributed by atoms with van der Waals surface area (Å²) in [6.07, 6.45) is 5.64. The van der Waals surface area contributed by atoms with Crippen molar-refractivity contribution in [3.8, 4) is 0 Å². The zero-order valence-corrected chi connectivity index (χ0v) is 14.3. The predicted molar refractivity (Wildman–Crippen MR) is 95.1 cm³/mol. The average Bonchev–Trinajstić information content (AvgIpc) is 3.47. The van der Waals surface area contributed by atoms with Gasteiger partial charge < -0.3 is 9.80 Å². The van der Waals surface area contributed by atoms with E-state index in [1.54, 1.807) is 18.5 Å². The molecule has 26 heavy (non-hydrogen) atoms. The summed E-state index contributed by atoms with van der Waals surface area (Å²) in [5, 5.41) is 13.2. The number of hydrogen-bond acceptors (Lipinski definition) is 6. The topological polar surface area (TPSA) is 79.5 Å². The molecule has 1 saturated heterocycles. The van der Waals surface area contributed by atoms with Crippen molar-refractivity contribution >= 4 is 17.4 Å². The SMILES string of the molecule is O=C(c1cccnc1)N1CCN(c2ccc3nnc(C4CC4)n3n2)CC1. The second kappa shape index (κ2) is 6.05. The quantitative estimate of drug-likeness (QED) is 0.710. The van der Waals surface area contributed by atoms with Crippen molar-refractivity contribution in [3.05, 3.63) is 48.0 Å². The van der Waals surface area contributed by atoms with Gasteiger partial charge in [0.2, 0.25) is 0 Å². The maximum absolute atomic E-state index is 12.5. The number of carbonyl (C=O) groups excluding carboxylic acids is 1. The highest BCUT2D eigenvalue weighted by atomic mass is 16.2. The zero-order chi connectivity index (χ0) is 17.5. The van der Waals surface area contributed by atoms with E-state index in [2.05, 4.69) is 20.1 Å². The van der Waals surface area contributed by atoms with Crippen LogP contribution in [0.25, 0.3) is 5.65 Å². The van der Waals surface area contributed by atoms with Gasteiger partial charge in [-0.3, -0.25) is 9.78 Å². The van der Waals surface area contributed by atoms with Gasteiger partial charge in [0.1, 0.15) is 5.82 Å². The van der Waals surface area contributed by atoms with Gasteiger partial charge in [-0.25, -0.2) is 0 Å². The number of aromatic nitrogens is 5. The third kappa shape index (κ3) is 2.67. The summed E-state index contributed by atoms with van der Waals surface area (Å²) in [5.41, 5.74) is 1.43. The highest BCUT2D eigenvalue weighted by Gasteiger charge is 2.30. The van der Waals surface area contributed by atoms with E-state index in [1.165, 1.54) is 12.8 Å². The minimum atomic E-state index is 0.0380. The number of piperazine rings is 1. The summed E-state index contributed by atoms with van der Waals surface area (Å²) in [6.45, 7) is 2.85. The molecule has 1 aliphatic carbocycles. The van der Waals surface area contributed by atoms with Crippen molar-refractivity contribution in [2.75, 3.05) is 31.1 Å². The highest BCUT2D eigenvalue weighted by molar-refractivity contribution is 5.94. The molecule has 0 aromatic carbocycles. The van der Waals surface area contributed by atoms with Crippen molar-refractivity contribution in [2.24, 2.45) is 0 Å². The van der Waals surface area contributed by atoms with Crippen molar-refractivity contribution in [2.45, 2.75) is 18.8 Å². The Morgan fingerprint density at radius 3 is 2.62 bits per heavy atom. The standard InChI is InChI=1S/C18H19N7O/c26-18(14-2-1-7-19-12-14)24-10-8-23(9-11-24)16-6-5-15-20-21-17(13-3-4-13)25(15)22-16/h1-2,5-7,12-13H,3-4,8-11H2. The van der Waals surface area contributed by atoms with Gasteiger partial charge >= 0.3 is 0 Å². The number of hydrogen-bond donors (Lipinski definition) is 0. The summed E-state index contributed by atoms with van der Waals surface area (Å²) < 4.78 is 1.88. The first-order valence-corrected chi connectivity index (χ1v) is 8.96. The Morgan fingerprint density at radius 2 is 1.88 bits per heavy atom. The van der Waals surface area contributed by atoms with Crippen LogP contribution in [-0.2, 0) is 0 Å². The molecule has 1 saturated carbocycles. The minimum absolute atomic E-state index is 0.0380. The molecule has 0 radical (unpaired) electrons. The molecule has 1 aliphatic heterocycles. The van der Waals surface area contributed by atoms with Crippen LogP contribution in [0.5, 0.6) is 0 Å². The molecule has 5 rings (SSSR count). The van der Waals surface area contributed by atoms with Gasteiger partial charge in [-0.2, -0.15) is 4.52 Å². The number of fused-ring (bicyclic) bond motifs is 1. The van der Waals surface area contributed by atoms with Crippen molar-refractivity contribution in [1.82, 2.24) is 29.7 Å². The molecule has 0 unspecified atom stereocenters. The third-order valence-electron chi connectivity index (χ3n) is 5.01. The molecule has 0 atom stereocenters. The Morgan fingerprint density at radius 1 is 1.04 bits per heavy atom. The molecule has 4 heterocycles. The summed E-state index contributed by atoms with van der Waals surface area (Å²) in [7, 11) is 0. The summed E-state index contributed by atoms with van der Waals surface area (Å²) in [4.78, 5) is 20.7. The number of nitrogens with zero attached hydrogens (tertiary/aromatic N) is 7. The monoisotopic (exact) mass is 349 g/mol. The first-order chi connectivity index (χ1) is 12.8. The smallest absolute Gasteiger partial charge is 0.255 e. The highest BCUT2D eigenvalue weighted by Crippen LogP contribution is 2.38. The van der Waals surface area contributed by atoms with Gasteiger partial charge in [0, 0.05) is 44.5 Å². The van der Waals surface area contributed by atoms with Gasteiger partial charge in [-0.1, -0.05) is 0 Å². The molecule has 2 fully saturated rings. The number of anilines is 1. The van der Waals surface area contributed by atoms with E-state index >= 15 is 0 Å². The molecule has 1 amide bonds. The summed E-state index contributed by atoms with van der Waals surface area (Å²) in [5.74, 6) is 2.41. The molecule has 3 aromatic rings. The molecule has 0 N–H and O–H groups in total. The second-order valence-corrected chi connectivity index (χ2v) is 6.81. The van der Waals surface area contributed by atoms with Crippen LogP contribution in [0, 0.1) is 0 Å². The fourth-order valence-corrected chi connectivity index (χ4v) is 3.37. The van der Waals surface area contributed by atoms with Crippen LogP contribution in [0.2, 0.25) is 0 Å². The van der Waals surface area contributed by atoms with Gasteiger partial charge in [-0.05, 0) is 37.1 Å². The van der Waals surface area contributed by atoms with E-state index in [1.807, 2.05) is 27.6 Å². The fourth-order valence-electron chi connectivity index (χ4n) is 3.37. The molecular weight excluding hydrogens is 330 g/mol. The Kier molecular flexibility index (Phi) is 3.55. The van der Waals surface area contributed by atoms with E-state index in [4.69, 9.17) is 5.10 Å². The van der Waals surface area contributed by atoms with Crippen LogP contribution in [0.3, 0.4) is 0 Å². The normalized spacial score (nSPS) is 17.7. The first-order valence-electron chi connectivity index (χ1n) is 8.96. The zero-order valence-electron chi connectivity index (χ0n) is 14.3.